The summed E-state index contributed by atoms with van der Waals surface area (Å²) in [5.74, 6) is -1.07. The molecule has 0 aliphatic rings. The lowest BCUT2D eigenvalue weighted by Gasteiger charge is -2.29. The molecule has 3 aromatic rings. The number of carbonyl (C=O) groups is 2. The number of carboxylic acids is 1. The van der Waals surface area contributed by atoms with E-state index < -0.39 is 17.9 Å². The average molecular weight is 542 g/mol. The van der Waals surface area contributed by atoms with Crippen molar-refractivity contribution in [2.75, 3.05) is 0 Å². The Balaban J connectivity index is 2.00. The van der Waals surface area contributed by atoms with Crippen LogP contribution in [0.3, 0.4) is 0 Å². The summed E-state index contributed by atoms with van der Waals surface area (Å²) in [4.78, 5) is 26.8. The molecule has 0 saturated carbocycles. The maximum atomic E-state index is 13.4. The number of hydrogen-bond donors (Lipinski definition) is 1. The predicted octanol–water partition coefficient (Wildman–Crippen LogP) is 5.80. The van der Waals surface area contributed by atoms with Gasteiger partial charge in [-0.05, 0) is 67.8 Å². The van der Waals surface area contributed by atoms with Crippen LogP contribution in [0.25, 0.3) is 0 Å². The molecule has 0 saturated heterocycles. The molecule has 0 aliphatic carbocycles. The first-order valence-electron chi connectivity index (χ1n) is 8.62. The lowest BCUT2D eigenvalue weighted by atomic mass is 10.0. The smallest absolute Gasteiger partial charge is 0.326 e. The molecule has 0 fully saturated rings. The Hall–Kier alpha value is -2.09. The van der Waals surface area contributed by atoms with Gasteiger partial charge in [0.25, 0.3) is 5.91 Å². The molecule has 8 heteroatoms. The lowest BCUT2D eigenvalue weighted by Crippen LogP contribution is -2.46. The van der Waals surface area contributed by atoms with Crippen LogP contribution in [-0.4, -0.2) is 27.9 Å². The normalized spacial score (nSPS) is 11.8. The number of furan rings is 1. The minimum Gasteiger partial charge on any atom is -0.480 e. The second-order valence-electron chi connectivity index (χ2n) is 6.31. The minimum atomic E-state index is -1.10. The number of hydrogen-bond acceptors (Lipinski definition) is 3. The van der Waals surface area contributed by atoms with E-state index in [0.29, 0.717) is 25.5 Å². The van der Waals surface area contributed by atoms with Gasteiger partial charge in [-0.25, -0.2) is 4.79 Å². The van der Waals surface area contributed by atoms with Gasteiger partial charge in [-0.2, -0.15) is 0 Å². The monoisotopic (exact) mass is 539 g/mol. The van der Waals surface area contributed by atoms with Gasteiger partial charge in [-0.15, -0.1) is 0 Å². The van der Waals surface area contributed by atoms with Gasteiger partial charge >= 0.3 is 5.97 Å². The van der Waals surface area contributed by atoms with Gasteiger partial charge in [0.05, 0.1) is 12.1 Å². The molecular formula is C21H16Br2ClNO4. The van der Waals surface area contributed by atoms with E-state index in [9.17, 15) is 14.7 Å². The van der Waals surface area contributed by atoms with E-state index in [1.54, 1.807) is 30.3 Å². The zero-order valence-electron chi connectivity index (χ0n) is 15.0. The molecule has 2 aromatic carbocycles. The van der Waals surface area contributed by atoms with Gasteiger partial charge in [-0.1, -0.05) is 41.9 Å². The Bertz CT molecular complexity index is 1020. The Morgan fingerprint density at radius 2 is 1.79 bits per heavy atom. The first kappa shape index (κ1) is 21.6. The third kappa shape index (κ3) is 5.50. The molecule has 1 atom stereocenters. The second kappa shape index (κ2) is 9.61. The third-order valence-electron chi connectivity index (χ3n) is 4.31. The largest absolute Gasteiger partial charge is 0.480 e. The van der Waals surface area contributed by atoms with E-state index in [4.69, 9.17) is 16.0 Å². The van der Waals surface area contributed by atoms with Crippen LogP contribution in [0, 0.1) is 0 Å². The molecule has 29 heavy (non-hydrogen) atoms. The topological polar surface area (TPSA) is 70.8 Å². The van der Waals surface area contributed by atoms with Crippen LogP contribution in [0.5, 0.6) is 0 Å². The molecule has 1 aromatic heterocycles. The van der Waals surface area contributed by atoms with Crippen molar-refractivity contribution in [1.82, 2.24) is 4.90 Å². The first-order valence-corrected chi connectivity index (χ1v) is 10.6. The predicted molar refractivity (Wildman–Crippen MR) is 117 cm³/mol. The van der Waals surface area contributed by atoms with E-state index in [-0.39, 0.29) is 13.0 Å². The first-order chi connectivity index (χ1) is 13.8. The van der Waals surface area contributed by atoms with Crippen molar-refractivity contribution >= 4 is 55.3 Å². The highest BCUT2D eigenvalue weighted by molar-refractivity contribution is 9.10. The van der Waals surface area contributed by atoms with Gasteiger partial charge in [0.2, 0.25) is 0 Å². The number of benzene rings is 2. The molecule has 3 rings (SSSR count). The van der Waals surface area contributed by atoms with E-state index in [2.05, 4.69) is 31.9 Å². The summed E-state index contributed by atoms with van der Waals surface area (Å²) in [5.41, 5.74) is 1.13. The van der Waals surface area contributed by atoms with Gasteiger partial charge in [0.15, 0.2) is 4.67 Å². The second-order valence-corrected chi connectivity index (χ2v) is 8.38. The Morgan fingerprint density at radius 3 is 2.38 bits per heavy atom. The Labute approximate surface area is 189 Å². The van der Waals surface area contributed by atoms with Crippen LogP contribution in [0.1, 0.15) is 21.7 Å². The lowest BCUT2D eigenvalue weighted by molar-refractivity contribution is -0.142. The fraction of sp³-hybridized carbons (Fsp3) is 0.143. The van der Waals surface area contributed by atoms with Crippen LogP contribution in [0.4, 0.5) is 0 Å². The van der Waals surface area contributed by atoms with Gasteiger partial charge in [-0.3, -0.25) is 4.79 Å². The quantitative estimate of drug-likeness (QED) is 0.411. The van der Waals surface area contributed by atoms with Crippen LogP contribution in [0.2, 0.25) is 5.02 Å². The molecule has 1 N–H and O–H groups in total. The molecule has 1 unspecified atom stereocenters. The SMILES string of the molecule is O=C(O)C(Cc1ccccc1)N(Cc1ccc(Br)o1)C(=O)c1ccc(Cl)cc1Br. The number of rotatable bonds is 7. The maximum absolute atomic E-state index is 13.4. The highest BCUT2D eigenvalue weighted by Gasteiger charge is 2.32. The standard InChI is InChI=1S/C21H16Br2ClNO4/c22-17-11-14(24)6-8-16(17)20(26)25(12-15-7-9-19(23)29-15)18(21(27)28)10-13-4-2-1-3-5-13/h1-9,11,18H,10,12H2,(H,27,28). The Kier molecular flexibility index (Phi) is 7.16. The number of amides is 1. The van der Waals surface area contributed by atoms with Crippen molar-refractivity contribution in [2.24, 2.45) is 0 Å². The molecule has 1 heterocycles. The highest BCUT2D eigenvalue weighted by atomic mass is 79.9. The molecule has 150 valence electrons. The summed E-state index contributed by atoms with van der Waals surface area (Å²) in [6, 6.07) is 16.3. The summed E-state index contributed by atoms with van der Waals surface area (Å²) in [7, 11) is 0. The molecule has 0 bridgehead atoms. The fourth-order valence-electron chi connectivity index (χ4n) is 2.91. The Morgan fingerprint density at radius 1 is 1.07 bits per heavy atom. The number of nitrogens with zero attached hydrogens (tertiary/aromatic N) is 1. The van der Waals surface area contributed by atoms with Crippen LogP contribution < -0.4 is 0 Å². The zero-order chi connectivity index (χ0) is 21.0. The van der Waals surface area contributed by atoms with Crippen molar-refractivity contribution in [1.29, 1.82) is 0 Å². The number of carboxylic acid groups (broad SMARTS) is 1. The number of halogens is 3. The van der Waals surface area contributed by atoms with E-state index >= 15 is 0 Å². The molecule has 0 radical (unpaired) electrons. The van der Waals surface area contributed by atoms with Crippen LogP contribution in [-0.2, 0) is 17.8 Å². The van der Waals surface area contributed by atoms with E-state index in [0.717, 1.165) is 5.56 Å². The van der Waals surface area contributed by atoms with Crippen LogP contribution >= 0.6 is 43.5 Å². The molecule has 0 aliphatic heterocycles. The summed E-state index contributed by atoms with van der Waals surface area (Å²) < 4.78 is 6.52. The van der Waals surface area contributed by atoms with Crippen molar-refractivity contribution in [3.63, 3.8) is 0 Å². The average Bonchev–Trinajstić information content (AvgIpc) is 3.09. The van der Waals surface area contributed by atoms with Crippen LogP contribution in [0.15, 0.2) is 74.2 Å². The zero-order valence-corrected chi connectivity index (χ0v) is 18.9. The van der Waals surface area contributed by atoms with Crippen molar-refractivity contribution in [2.45, 2.75) is 19.0 Å². The highest BCUT2D eigenvalue weighted by Crippen LogP contribution is 2.26. The maximum Gasteiger partial charge on any atom is 0.326 e. The van der Waals surface area contributed by atoms with E-state index in [1.807, 2.05) is 30.3 Å². The van der Waals surface area contributed by atoms with Crippen molar-refractivity contribution in [3.8, 4) is 0 Å². The minimum absolute atomic E-state index is 0.00327. The number of carbonyl (C=O) groups excluding carboxylic acids is 1. The van der Waals surface area contributed by atoms with Crippen molar-refractivity contribution in [3.05, 3.63) is 91.7 Å². The van der Waals surface area contributed by atoms with Gasteiger partial charge in [0, 0.05) is 15.9 Å². The summed E-state index contributed by atoms with van der Waals surface area (Å²) in [6.07, 6.45) is 0.162. The third-order valence-corrected chi connectivity index (χ3v) is 5.63. The summed E-state index contributed by atoms with van der Waals surface area (Å²) in [5, 5.41) is 10.4. The van der Waals surface area contributed by atoms with Gasteiger partial charge < -0.3 is 14.4 Å². The summed E-state index contributed by atoms with van der Waals surface area (Å²) >= 11 is 12.6. The molecule has 1 amide bonds. The molecule has 5 nitrogen and oxygen atoms in total. The van der Waals surface area contributed by atoms with E-state index in [1.165, 1.54) is 4.90 Å². The van der Waals surface area contributed by atoms with Crippen molar-refractivity contribution < 1.29 is 19.1 Å². The fourth-order valence-corrected chi connectivity index (χ4v) is 4.11. The molecule has 0 spiro atoms. The van der Waals surface area contributed by atoms with Gasteiger partial charge in [0.1, 0.15) is 11.8 Å². The number of aliphatic carboxylic acids is 1. The summed E-state index contributed by atoms with van der Waals surface area (Å²) in [6.45, 7) is 0.00327. The molecular weight excluding hydrogens is 525 g/mol.